The van der Waals surface area contributed by atoms with E-state index in [-0.39, 0.29) is 17.1 Å². The highest BCUT2D eigenvalue weighted by molar-refractivity contribution is 14.1. The number of alkyl halides is 3. The van der Waals surface area contributed by atoms with Crippen molar-refractivity contribution in [1.29, 1.82) is 0 Å². The molecule has 0 spiro atoms. The van der Waals surface area contributed by atoms with Crippen LogP contribution in [0, 0.1) is 23.8 Å². The highest BCUT2D eigenvalue weighted by Crippen LogP contribution is 2.37. The maximum Gasteiger partial charge on any atom is 0.534 e. The molecule has 0 saturated heterocycles. The van der Waals surface area contributed by atoms with Crippen LogP contribution in [0.15, 0.2) is 164 Å². The van der Waals surface area contributed by atoms with Gasteiger partial charge in [-0.05, 0) is 161 Å². The van der Waals surface area contributed by atoms with Crippen molar-refractivity contribution in [2.24, 2.45) is 0 Å². The zero-order valence-corrected chi connectivity index (χ0v) is 48.2. The van der Waals surface area contributed by atoms with Crippen LogP contribution in [0.4, 0.5) is 24.5 Å². The van der Waals surface area contributed by atoms with E-state index in [1.807, 2.05) is 137 Å². The number of rotatable bonds is 14. The molecular formula is C55H59BF3IN6O14S. The van der Waals surface area contributed by atoms with Gasteiger partial charge in [0.2, 0.25) is 0 Å². The molecule has 20 nitrogen and oxygen atoms in total. The highest BCUT2D eigenvalue weighted by Gasteiger charge is 2.48. The molecule has 6 aromatic carbocycles. The number of aromatic hydroxyl groups is 1. The molecule has 26 heteroatoms. The third-order valence-electron chi connectivity index (χ3n) is 10.8. The molecule has 0 aliphatic rings. The number of nitrogens with zero attached hydrogens (tertiary/aromatic N) is 6. The summed E-state index contributed by atoms with van der Waals surface area (Å²) in [5.74, 6) is -0.0395. The molecule has 81 heavy (non-hydrogen) atoms. The van der Waals surface area contributed by atoms with Gasteiger partial charge in [0.15, 0.2) is 0 Å². The summed E-state index contributed by atoms with van der Waals surface area (Å²) in [6, 6.07) is 38.7. The lowest BCUT2D eigenvalue weighted by atomic mass is 9.80. The first-order valence-corrected chi connectivity index (χ1v) is 26.5. The van der Waals surface area contributed by atoms with E-state index in [2.05, 4.69) is 14.0 Å². The molecule has 0 bridgehead atoms. The Morgan fingerprint density at radius 1 is 0.556 bits per heavy atom. The lowest BCUT2D eigenvalue weighted by Crippen LogP contribution is -2.29. The van der Waals surface area contributed by atoms with Gasteiger partial charge in [-0.3, -0.25) is 20.2 Å². The lowest BCUT2D eigenvalue weighted by Gasteiger charge is -2.11. The quantitative estimate of drug-likeness (QED) is 0.0175. The molecule has 0 unspecified atom stereocenters. The van der Waals surface area contributed by atoms with Crippen LogP contribution < -0.4 is 20.9 Å². The average Bonchev–Trinajstić information content (AvgIpc) is 3.53. The molecule has 2 aromatic heterocycles. The maximum absolute atomic E-state index is 12.1. The van der Waals surface area contributed by atoms with Crippen LogP contribution in [-0.4, -0.2) is 122 Å². The summed E-state index contributed by atoms with van der Waals surface area (Å²) < 4.78 is 72.1. The van der Waals surface area contributed by atoms with Crippen LogP contribution in [0.3, 0.4) is 0 Å². The van der Waals surface area contributed by atoms with Gasteiger partial charge in [-0.2, -0.15) is 21.6 Å². The van der Waals surface area contributed by atoms with E-state index >= 15 is 0 Å². The number of hydrogen-bond donors (Lipinski definition) is 3. The van der Waals surface area contributed by atoms with Crippen molar-refractivity contribution in [3.63, 3.8) is 0 Å². The van der Waals surface area contributed by atoms with Gasteiger partial charge >= 0.3 is 34.0 Å². The van der Waals surface area contributed by atoms with Gasteiger partial charge in [0.05, 0.1) is 15.4 Å². The number of nitro groups is 2. The molecular weight excluding hydrogens is 1200 g/mol. The normalized spacial score (nSPS) is 11.2. The molecule has 0 amide bonds. The Morgan fingerprint density at radius 2 is 0.926 bits per heavy atom. The van der Waals surface area contributed by atoms with E-state index in [0.29, 0.717) is 54.4 Å². The van der Waals surface area contributed by atoms with Gasteiger partial charge in [-0.25, -0.2) is 9.59 Å². The van der Waals surface area contributed by atoms with Crippen LogP contribution in [0.25, 0.3) is 33.1 Å². The molecule has 8 rings (SSSR count). The zero-order valence-electron chi connectivity index (χ0n) is 45.2. The summed E-state index contributed by atoms with van der Waals surface area (Å²) in [6.07, 6.45) is 0. The monoisotopic (exact) mass is 1250 g/mol. The summed E-state index contributed by atoms with van der Waals surface area (Å²) in [5.41, 5.74) is 0.332. The Balaban J connectivity index is 0.000000224. The van der Waals surface area contributed by atoms with Crippen molar-refractivity contribution in [1.82, 2.24) is 19.6 Å². The number of nitro benzene ring substituents is 2. The van der Waals surface area contributed by atoms with Crippen molar-refractivity contribution in [3.8, 4) is 22.6 Å². The first-order valence-electron chi connectivity index (χ1n) is 24.0. The van der Waals surface area contributed by atoms with Crippen LogP contribution in [0.1, 0.15) is 22.3 Å². The standard InChI is InChI=1S/C18H16N2O4.C10H12F3NO3S.C9H14BNO2.C9H4INO4.C9H13NO/c1-19(2)11-12-3-5-13(6-4-12)18-14-7-10-17(21)24-16(14)9-8-15(18)20(22)23;1-14(2)7-8-3-5-9(6-4-8)17-18(15,16)10(11,12)13;1-11(2)7-8-3-5-9(6-4-8)10(12)13;10-9-5-1-4-8(12)15-7(5)3-2-6(9)11(13)14;1-10(2)7-8-3-5-9(11)6-4-8/h3-10H,11H2,1-2H3;3-6H,7H2,1-2H3;3-6,12-13H,7H2,1-2H3;1-4H;3-6,11H,7H2,1-2H3. The van der Waals surface area contributed by atoms with Crippen LogP contribution in [-0.2, 0) is 36.3 Å². The average molecular weight is 1250 g/mol. The number of halogens is 4. The summed E-state index contributed by atoms with van der Waals surface area (Å²) >= 11 is 1.86. The van der Waals surface area contributed by atoms with E-state index in [4.69, 9.17) is 24.0 Å². The molecule has 0 fully saturated rings. The number of benzene rings is 6. The van der Waals surface area contributed by atoms with Gasteiger partial charge in [-0.1, -0.05) is 72.8 Å². The van der Waals surface area contributed by atoms with Crippen LogP contribution in [0.2, 0.25) is 0 Å². The Morgan fingerprint density at radius 3 is 1.32 bits per heavy atom. The first-order chi connectivity index (χ1) is 37.9. The Bertz CT molecular complexity index is 3590. The van der Waals surface area contributed by atoms with Gasteiger partial charge in [0.25, 0.3) is 11.4 Å². The van der Waals surface area contributed by atoms with Gasteiger partial charge in [0, 0.05) is 61.2 Å². The fraction of sp³-hybridized carbons (Fsp3) is 0.236. The second kappa shape index (κ2) is 30.3. The van der Waals surface area contributed by atoms with E-state index in [0.717, 1.165) is 36.3 Å². The molecule has 0 saturated carbocycles. The summed E-state index contributed by atoms with van der Waals surface area (Å²) in [4.78, 5) is 51.5. The fourth-order valence-corrected chi connectivity index (χ4v) is 8.58. The third-order valence-corrected chi connectivity index (χ3v) is 12.9. The van der Waals surface area contributed by atoms with Crippen LogP contribution in [0.5, 0.6) is 11.5 Å². The summed E-state index contributed by atoms with van der Waals surface area (Å²) in [6.45, 7) is 3.15. The zero-order chi connectivity index (χ0) is 60.4. The van der Waals surface area contributed by atoms with Crippen LogP contribution >= 0.6 is 22.6 Å². The fourth-order valence-electron chi connectivity index (χ4n) is 7.29. The van der Waals surface area contributed by atoms with E-state index in [9.17, 15) is 51.4 Å². The molecule has 8 aromatic rings. The predicted octanol–water partition coefficient (Wildman–Crippen LogP) is 8.59. The second-order valence-corrected chi connectivity index (χ2v) is 21.4. The molecule has 2 heterocycles. The lowest BCUT2D eigenvalue weighted by molar-refractivity contribution is -0.385. The van der Waals surface area contributed by atoms with E-state index in [1.54, 1.807) is 30.3 Å². The number of fused-ring (bicyclic) bond motifs is 2. The van der Waals surface area contributed by atoms with Crippen molar-refractivity contribution >= 4 is 78.6 Å². The number of phenolic OH excluding ortho intramolecular Hbond substituents is 1. The van der Waals surface area contributed by atoms with E-state index < -0.39 is 43.8 Å². The van der Waals surface area contributed by atoms with Gasteiger partial charge in [0.1, 0.15) is 26.2 Å². The highest BCUT2D eigenvalue weighted by atomic mass is 127. The molecule has 0 aliphatic carbocycles. The van der Waals surface area contributed by atoms with E-state index in [1.165, 1.54) is 72.3 Å². The van der Waals surface area contributed by atoms with Crippen molar-refractivity contribution in [2.75, 3.05) is 56.4 Å². The Labute approximate surface area is 478 Å². The number of hydrogen-bond acceptors (Lipinski definition) is 18. The molecule has 430 valence electrons. The topological polar surface area (TPSA) is 264 Å². The largest absolute Gasteiger partial charge is 0.534 e. The van der Waals surface area contributed by atoms with Crippen molar-refractivity contribution in [2.45, 2.75) is 31.7 Å². The van der Waals surface area contributed by atoms with Crippen molar-refractivity contribution in [3.05, 3.63) is 212 Å². The Hall–Kier alpha value is -7.57. The summed E-state index contributed by atoms with van der Waals surface area (Å²) in [7, 11) is 8.69. The second-order valence-electron chi connectivity index (χ2n) is 18.8. The predicted molar refractivity (Wildman–Crippen MR) is 312 cm³/mol. The van der Waals surface area contributed by atoms with Gasteiger partial charge < -0.3 is 47.8 Å². The minimum Gasteiger partial charge on any atom is -0.508 e. The minimum absolute atomic E-state index is 0.0111. The molecule has 0 atom stereocenters. The summed E-state index contributed by atoms with van der Waals surface area (Å²) in [5, 5.41) is 49.8. The van der Waals surface area contributed by atoms with Gasteiger partial charge in [-0.15, -0.1) is 0 Å². The first kappa shape index (κ1) is 66.0. The molecule has 3 N–H and O–H groups in total. The number of phenols is 1. The third kappa shape index (κ3) is 21.1. The smallest absolute Gasteiger partial charge is 0.508 e. The SMILES string of the molecule is CN(C)Cc1ccc(-c2c([N+](=O)[O-])ccc3oc(=O)ccc23)cc1.CN(C)Cc1ccc(B(O)O)cc1.CN(C)Cc1ccc(O)cc1.CN(C)Cc1ccc(OS(=O)(=O)C(F)(F)F)cc1.O=c1ccc2c(I)c([N+](=O)[O-])ccc2o1. The maximum atomic E-state index is 12.1. The minimum atomic E-state index is -5.60. The van der Waals surface area contributed by atoms with Crippen molar-refractivity contribution < 1.29 is 59.6 Å². The molecule has 0 aliphatic heterocycles. The Kier molecular flexibility index (Phi) is 24.7. The molecule has 0 radical (unpaired) electrons.